The van der Waals surface area contributed by atoms with E-state index in [0.717, 1.165) is 6.42 Å². The third-order valence-electron chi connectivity index (χ3n) is 1.26. The highest BCUT2D eigenvalue weighted by molar-refractivity contribution is 7.91. The molecule has 0 radical (unpaired) electrons. The summed E-state index contributed by atoms with van der Waals surface area (Å²) in [5.74, 6) is 0.987. The van der Waals surface area contributed by atoms with Crippen molar-refractivity contribution in [2.75, 3.05) is 11.5 Å². The van der Waals surface area contributed by atoms with Crippen molar-refractivity contribution in [3.8, 4) is 0 Å². The highest BCUT2D eigenvalue weighted by Crippen LogP contribution is 2.13. The van der Waals surface area contributed by atoms with E-state index in [4.69, 9.17) is 0 Å². The third kappa shape index (κ3) is 1.63. The SMILES string of the molecule is [O-][S+]1CCCC(F)C1. The summed E-state index contributed by atoms with van der Waals surface area (Å²) in [6, 6.07) is 0. The van der Waals surface area contributed by atoms with Crippen LogP contribution in [0.4, 0.5) is 4.39 Å². The molecule has 1 aliphatic rings. The summed E-state index contributed by atoms with van der Waals surface area (Å²) in [7, 11) is 0. The molecule has 0 spiro atoms. The number of halogens is 1. The van der Waals surface area contributed by atoms with Crippen LogP contribution in [-0.4, -0.2) is 22.2 Å². The highest BCUT2D eigenvalue weighted by atomic mass is 32.2. The van der Waals surface area contributed by atoms with Crippen molar-refractivity contribution in [3.63, 3.8) is 0 Å². The van der Waals surface area contributed by atoms with Crippen LogP contribution in [0.1, 0.15) is 12.8 Å². The minimum atomic E-state index is -0.845. The van der Waals surface area contributed by atoms with Gasteiger partial charge in [-0.05, 0) is 12.8 Å². The van der Waals surface area contributed by atoms with Gasteiger partial charge in [0.1, 0.15) is 17.7 Å². The van der Waals surface area contributed by atoms with Gasteiger partial charge in [-0.25, -0.2) is 4.39 Å². The number of hydrogen-bond acceptors (Lipinski definition) is 1. The van der Waals surface area contributed by atoms with Crippen molar-refractivity contribution in [2.45, 2.75) is 19.0 Å². The van der Waals surface area contributed by atoms with E-state index in [0.29, 0.717) is 12.2 Å². The first-order chi connectivity index (χ1) is 3.79. The quantitative estimate of drug-likeness (QED) is 0.453. The van der Waals surface area contributed by atoms with E-state index in [1.54, 1.807) is 0 Å². The van der Waals surface area contributed by atoms with E-state index < -0.39 is 17.3 Å². The van der Waals surface area contributed by atoms with Crippen molar-refractivity contribution < 1.29 is 8.94 Å². The fourth-order valence-corrected chi connectivity index (χ4v) is 2.06. The summed E-state index contributed by atoms with van der Waals surface area (Å²) in [6.07, 6.45) is 0.629. The van der Waals surface area contributed by atoms with Gasteiger partial charge in [0.15, 0.2) is 0 Å². The second-order valence-electron chi connectivity index (χ2n) is 2.05. The minimum Gasteiger partial charge on any atom is -0.616 e. The summed E-state index contributed by atoms with van der Waals surface area (Å²) >= 11 is -0.845. The van der Waals surface area contributed by atoms with Gasteiger partial charge in [0.05, 0.1) is 0 Å². The standard InChI is InChI=1S/C5H9FOS/c6-5-2-1-3-8(7)4-5/h5H,1-4H2. The van der Waals surface area contributed by atoms with E-state index in [2.05, 4.69) is 0 Å². The van der Waals surface area contributed by atoms with Gasteiger partial charge in [-0.3, -0.25) is 0 Å². The second kappa shape index (κ2) is 2.69. The topological polar surface area (TPSA) is 23.1 Å². The largest absolute Gasteiger partial charge is 0.616 e. The fraction of sp³-hybridized carbons (Fsp3) is 1.00. The molecular weight excluding hydrogens is 127 g/mol. The Bertz CT molecular complexity index is 70.8. The molecule has 0 aromatic heterocycles. The Morgan fingerprint density at radius 1 is 1.62 bits per heavy atom. The van der Waals surface area contributed by atoms with Gasteiger partial charge in [-0.15, -0.1) is 0 Å². The summed E-state index contributed by atoms with van der Waals surface area (Å²) in [5.41, 5.74) is 0. The summed E-state index contributed by atoms with van der Waals surface area (Å²) in [6.45, 7) is 0. The van der Waals surface area contributed by atoms with Crippen LogP contribution in [0, 0.1) is 0 Å². The Labute approximate surface area is 51.5 Å². The Morgan fingerprint density at radius 2 is 2.38 bits per heavy atom. The van der Waals surface area contributed by atoms with Gasteiger partial charge in [0, 0.05) is 0 Å². The molecule has 0 aromatic carbocycles. The minimum absolute atomic E-state index is 0.278. The Morgan fingerprint density at radius 3 is 2.75 bits per heavy atom. The van der Waals surface area contributed by atoms with Crippen LogP contribution in [0.25, 0.3) is 0 Å². The molecule has 1 rings (SSSR count). The second-order valence-corrected chi connectivity index (χ2v) is 3.67. The van der Waals surface area contributed by atoms with Gasteiger partial charge in [0.25, 0.3) is 0 Å². The molecule has 2 atom stereocenters. The van der Waals surface area contributed by atoms with Gasteiger partial charge in [-0.2, -0.15) is 0 Å². The lowest BCUT2D eigenvalue weighted by Gasteiger charge is -2.18. The monoisotopic (exact) mass is 136 g/mol. The van der Waals surface area contributed by atoms with Crippen molar-refractivity contribution in [3.05, 3.63) is 0 Å². The lowest BCUT2D eigenvalue weighted by Crippen LogP contribution is -2.25. The zero-order chi connectivity index (χ0) is 5.98. The third-order valence-corrected chi connectivity index (χ3v) is 2.73. The molecule has 0 bridgehead atoms. The molecule has 1 nitrogen and oxygen atoms in total. The van der Waals surface area contributed by atoms with Crippen LogP contribution in [0.15, 0.2) is 0 Å². The van der Waals surface area contributed by atoms with Crippen molar-refractivity contribution in [1.29, 1.82) is 0 Å². The Hall–Kier alpha value is 0.240. The van der Waals surface area contributed by atoms with Crippen molar-refractivity contribution in [1.82, 2.24) is 0 Å². The lowest BCUT2D eigenvalue weighted by atomic mass is 10.2. The lowest BCUT2D eigenvalue weighted by molar-refractivity contribution is 0.331. The molecule has 2 unspecified atom stereocenters. The maximum Gasteiger partial charge on any atom is 0.145 e. The van der Waals surface area contributed by atoms with Gasteiger partial charge < -0.3 is 4.55 Å². The highest BCUT2D eigenvalue weighted by Gasteiger charge is 2.21. The number of alkyl halides is 1. The zero-order valence-electron chi connectivity index (χ0n) is 4.60. The van der Waals surface area contributed by atoms with Crippen LogP contribution >= 0.6 is 0 Å². The predicted octanol–water partition coefficient (Wildman–Crippen LogP) is 0.867. The van der Waals surface area contributed by atoms with Crippen molar-refractivity contribution >= 4 is 11.2 Å². The first-order valence-electron chi connectivity index (χ1n) is 2.78. The summed E-state index contributed by atoms with van der Waals surface area (Å²) in [5, 5.41) is 0. The molecule has 0 amide bonds. The van der Waals surface area contributed by atoms with Crippen LogP contribution < -0.4 is 0 Å². The molecule has 1 saturated heterocycles. The average molecular weight is 136 g/mol. The van der Waals surface area contributed by atoms with E-state index in [1.807, 2.05) is 0 Å². The fourth-order valence-electron chi connectivity index (χ4n) is 0.834. The number of hydrogen-bond donors (Lipinski definition) is 0. The van der Waals surface area contributed by atoms with E-state index in [1.165, 1.54) is 0 Å². The average Bonchev–Trinajstić information content (AvgIpc) is 1.64. The maximum absolute atomic E-state index is 12.2. The van der Waals surface area contributed by atoms with Crippen LogP contribution in [0.3, 0.4) is 0 Å². The van der Waals surface area contributed by atoms with E-state index >= 15 is 0 Å². The summed E-state index contributed by atoms with van der Waals surface area (Å²) in [4.78, 5) is 0. The van der Waals surface area contributed by atoms with E-state index in [-0.39, 0.29) is 5.75 Å². The van der Waals surface area contributed by atoms with Gasteiger partial charge in [0.2, 0.25) is 0 Å². The van der Waals surface area contributed by atoms with Crippen molar-refractivity contribution in [2.24, 2.45) is 0 Å². The molecule has 3 heteroatoms. The predicted molar refractivity (Wildman–Crippen MR) is 32.0 cm³/mol. The summed E-state index contributed by atoms with van der Waals surface area (Å²) < 4.78 is 22.8. The van der Waals surface area contributed by atoms with Gasteiger partial charge >= 0.3 is 0 Å². The molecule has 1 aliphatic heterocycles. The molecule has 1 heterocycles. The Kier molecular flexibility index (Phi) is 2.14. The molecule has 1 fully saturated rings. The first kappa shape index (κ1) is 6.36. The molecule has 0 N–H and O–H groups in total. The van der Waals surface area contributed by atoms with Gasteiger partial charge in [-0.1, -0.05) is 11.2 Å². The first-order valence-corrected chi connectivity index (χ1v) is 4.27. The van der Waals surface area contributed by atoms with Crippen LogP contribution in [0.5, 0.6) is 0 Å². The molecule has 0 aromatic rings. The molecular formula is C5H9FOS. The normalized spacial score (nSPS) is 39.8. The molecule has 48 valence electrons. The zero-order valence-corrected chi connectivity index (χ0v) is 5.42. The molecule has 0 saturated carbocycles. The smallest absolute Gasteiger partial charge is 0.145 e. The van der Waals surface area contributed by atoms with Crippen LogP contribution in [0.2, 0.25) is 0 Å². The molecule has 8 heavy (non-hydrogen) atoms. The Balaban J connectivity index is 2.23. The number of rotatable bonds is 0. The maximum atomic E-state index is 12.2. The molecule has 0 aliphatic carbocycles. The van der Waals surface area contributed by atoms with Crippen LogP contribution in [-0.2, 0) is 11.2 Å². The van der Waals surface area contributed by atoms with E-state index in [9.17, 15) is 8.94 Å².